The molecule has 17 heavy (non-hydrogen) atoms. The van der Waals surface area contributed by atoms with Gasteiger partial charge in [0, 0.05) is 11.1 Å². The van der Waals surface area contributed by atoms with E-state index >= 15 is 0 Å². The third-order valence-electron chi connectivity index (χ3n) is 2.34. The molecule has 0 spiro atoms. The summed E-state index contributed by atoms with van der Waals surface area (Å²) in [5.41, 5.74) is 1.96. The lowest BCUT2D eigenvalue weighted by Gasteiger charge is -1.94. The maximum Gasteiger partial charge on any atom is 0.258 e. The second-order valence-electron chi connectivity index (χ2n) is 3.46. The first kappa shape index (κ1) is 10.6. The lowest BCUT2D eigenvalue weighted by Crippen LogP contribution is -1.84. The van der Waals surface area contributed by atoms with Crippen LogP contribution in [0.15, 0.2) is 51.1 Å². The molecule has 0 atom stereocenters. The molecule has 0 bridgehead atoms. The van der Waals surface area contributed by atoms with Gasteiger partial charge in [0.1, 0.15) is 0 Å². The standard InChI is InChI=1S/C13H9IN2O/c1-2-4-10(5-3-1)12-15-13(17-16-12)11-6-8-14-9-7-11/h1-9H. The molecule has 0 saturated heterocycles. The number of nitrogens with zero attached hydrogens (tertiary/aromatic N) is 2. The Hall–Kier alpha value is -1.56. The number of benzene rings is 1. The molecule has 2 heterocycles. The Labute approximate surface area is 109 Å². The number of hydrogen-bond acceptors (Lipinski definition) is 3. The van der Waals surface area contributed by atoms with Crippen molar-refractivity contribution in [2.45, 2.75) is 0 Å². The van der Waals surface area contributed by atoms with Gasteiger partial charge in [0.15, 0.2) is 0 Å². The van der Waals surface area contributed by atoms with Crippen molar-refractivity contribution >= 4 is 30.3 Å². The summed E-state index contributed by atoms with van der Waals surface area (Å²) in [5.74, 6) is 1.22. The van der Waals surface area contributed by atoms with Gasteiger partial charge in [-0.15, -0.1) is 0 Å². The molecule has 0 amide bonds. The van der Waals surface area contributed by atoms with Crippen LogP contribution in [0.4, 0.5) is 0 Å². The zero-order valence-corrected chi connectivity index (χ0v) is 11.0. The first-order chi connectivity index (χ1) is 8.43. The average Bonchev–Trinajstić information content (AvgIpc) is 2.90. The third-order valence-corrected chi connectivity index (χ3v) is 3.89. The maximum atomic E-state index is 5.27. The lowest BCUT2D eigenvalue weighted by molar-refractivity contribution is 0.409. The summed E-state index contributed by atoms with van der Waals surface area (Å²) in [7, 11) is 0. The second kappa shape index (κ2) is 4.75. The van der Waals surface area contributed by atoms with Gasteiger partial charge in [-0.05, 0) is 20.2 Å². The van der Waals surface area contributed by atoms with E-state index in [1.807, 2.05) is 30.3 Å². The van der Waals surface area contributed by atoms with Crippen LogP contribution in [0.25, 0.3) is 17.0 Å². The Balaban J connectivity index is 1.96. The first-order valence-corrected chi connectivity index (χ1v) is 7.64. The van der Waals surface area contributed by atoms with Gasteiger partial charge in [0.25, 0.3) is 5.89 Å². The molecule has 0 fully saturated rings. The van der Waals surface area contributed by atoms with Crippen molar-refractivity contribution in [2.24, 2.45) is 0 Å². The van der Waals surface area contributed by atoms with Crippen LogP contribution in [0.5, 0.6) is 0 Å². The minimum atomic E-state index is 0.0860. The molecule has 0 saturated carbocycles. The molecule has 0 N–H and O–H groups in total. The van der Waals surface area contributed by atoms with Crippen molar-refractivity contribution in [2.75, 3.05) is 0 Å². The van der Waals surface area contributed by atoms with Gasteiger partial charge in [-0.3, -0.25) is 0 Å². The van der Waals surface area contributed by atoms with E-state index in [0.29, 0.717) is 11.7 Å². The minimum absolute atomic E-state index is 0.0860. The highest BCUT2D eigenvalue weighted by atomic mass is 127. The van der Waals surface area contributed by atoms with E-state index in [2.05, 4.69) is 30.4 Å². The van der Waals surface area contributed by atoms with E-state index in [1.54, 1.807) is 0 Å². The summed E-state index contributed by atoms with van der Waals surface area (Å²) in [6.45, 7) is 0. The molecule has 1 aliphatic heterocycles. The Kier molecular flexibility index (Phi) is 2.96. The van der Waals surface area contributed by atoms with Gasteiger partial charge in [-0.1, -0.05) is 56.2 Å². The van der Waals surface area contributed by atoms with E-state index in [0.717, 1.165) is 11.1 Å². The predicted octanol–water partition coefficient (Wildman–Crippen LogP) is 3.42. The molecule has 0 aliphatic carbocycles. The number of aromatic nitrogens is 2. The van der Waals surface area contributed by atoms with E-state index in [-0.39, 0.29) is 20.7 Å². The van der Waals surface area contributed by atoms with Crippen LogP contribution in [0.2, 0.25) is 0 Å². The number of rotatable bonds is 2. The highest BCUT2D eigenvalue weighted by Gasteiger charge is 2.10. The van der Waals surface area contributed by atoms with Crippen molar-refractivity contribution < 1.29 is 4.52 Å². The topological polar surface area (TPSA) is 38.9 Å². The Morgan fingerprint density at radius 3 is 2.76 bits per heavy atom. The Morgan fingerprint density at radius 1 is 1.12 bits per heavy atom. The Morgan fingerprint density at radius 2 is 2.00 bits per heavy atom. The fourth-order valence-corrected chi connectivity index (χ4v) is 2.92. The minimum Gasteiger partial charge on any atom is -0.334 e. The molecule has 1 aliphatic rings. The summed E-state index contributed by atoms with van der Waals surface area (Å²) < 4.78 is 9.63. The van der Waals surface area contributed by atoms with Crippen LogP contribution in [-0.4, -0.2) is 14.2 Å². The van der Waals surface area contributed by atoms with Gasteiger partial charge >= 0.3 is 0 Å². The van der Waals surface area contributed by atoms with Crippen LogP contribution in [-0.2, 0) is 0 Å². The molecular formula is C13H9IN2O. The smallest absolute Gasteiger partial charge is 0.258 e. The van der Waals surface area contributed by atoms with Gasteiger partial charge < -0.3 is 4.52 Å². The van der Waals surface area contributed by atoms with Crippen molar-refractivity contribution in [3.8, 4) is 11.4 Å². The average molecular weight is 336 g/mol. The fourth-order valence-electron chi connectivity index (χ4n) is 1.49. The van der Waals surface area contributed by atoms with Crippen LogP contribution in [0.3, 0.4) is 0 Å². The van der Waals surface area contributed by atoms with E-state index in [1.165, 1.54) is 0 Å². The summed E-state index contributed by atoms with van der Waals surface area (Å²) in [5, 5.41) is 4.00. The quantitative estimate of drug-likeness (QED) is 0.789. The Bertz CT molecular complexity index is 611. The lowest BCUT2D eigenvalue weighted by atomic mass is 10.2. The maximum absolute atomic E-state index is 5.27. The molecule has 0 unspecified atom stereocenters. The molecule has 3 rings (SSSR count). The summed E-state index contributed by atoms with van der Waals surface area (Å²) >= 11 is 0.0860. The molecule has 1 aromatic heterocycles. The molecule has 2 aromatic rings. The molecular weight excluding hydrogens is 327 g/mol. The van der Waals surface area contributed by atoms with Gasteiger partial charge in [0.2, 0.25) is 5.82 Å². The highest BCUT2D eigenvalue weighted by molar-refractivity contribution is 14.2. The van der Waals surface area contributed by atoms with Crippen LogP contribution in [0, 0.1) is 0 Å². The highest BCUT2D eigenvalue weighted by Crippen LogP contribution is 2.22. The van der Waals surface area contributed by atoms with Crippen molar-refractivity contribution in [1.82, 2.24) is 10.1 Å². The molecule has 1 aromatic carbocycles. The van der Waals surface area contributed by atoms with Gasteiger partial charge in [-0.25, -0.2) is 0 Å². The number of halogens is 1. The SMILES string of the molecule is C1=CC(c2nc(-c3ccccc3)no2)=CC=I1. The monoisotopic (exact) mass is 336 g/mol. The number of hydrogen-bond donors (Lipinski definition) is 0. The molecule has 84 valence electrons. The summed E-state index contributed by atoms with van der Waals surface area (Å²) in [6.07, 6.45) is 4.10. The first-order valence-electron chi connectivity index (χ1n) is 5.15. The van der Waals surface area contributed by atoms with Crippen molar-refractivity contribution in [3.63, 3.8) is 0 Å². The molecule has 3 nitrogen and oxygen atoms in total. The third kappa shape index (κ3) is 2.26. The number of allylic oxidation sites excluding steroid dienone is 3. The van der Waals surface area contributed by atoms with E-state index in [9.17, 15) is 0 Å². The van der Waals surface area contributed by atoms with Gasteiger partial charge in [-0.2, -0.15) is 4.98 Å². The van der Waals surface area contributed by atoms with Crippen LogP contribution < -0.4 is 0 Å². The normalized spacial score (nSPS) is 14.2. The summed E-state index contributed by atoms with van der Waals surface area (Å²) in [6, 6.07) is 9.83. The summed E-state index contributed by atoms with van der Waals surface area (Å²) in [4.78, 5) is 4.40. The molecule has 0 radical (unpaired) electrons. The van der Waals surface area contributed by atoms with E-state index < -0.39 is 0 Å². The fraction of sp³-hybridized carbons (Fsp3) is 0. The zero-order valence-electron chi connectivity index (χ0n) is 8.88. The van der Waals surface area contributed by atoms with Gasteiger partial charge in [0.05, 0.1) is 0 Å². The zero-order chi connectivity index (χ0) is 11.5. The predicted molar refractivity (Wildman–Crippen MR) is 76.9 cm³/mol. The van der Waals surface area contributed by atoms with E-state index in [4.69, 9.17) is 4.52 Å². The molecule has 4 heteroatoms. The second-order valence-corrected chi connectivity index (χ2v) is 5.61. The van der Waals surface area contributed by atoms with Crippen molar-refractivity contribution in [1.29, 1.82) is 0 Å². The van der Waals surface area contributed by atoms with Crippen molar-refractivity contribution in [3.05, 3.63) is 52.5 Å². The largest absolute Gasteiger partial charge is 0.334 e. The van der Waals surface area contributed by atoms with Crippen LogP contribution in [0.1, 0.15) is 5.89 Å². The van der Waals surface area contributed by atoms with Crippen LogP contribution >= 0.6 is 20.7 Å².